The molecule has 3 aromatic heterocycles. The number of rotatable bonds is 3. The van der Waals surface area contributed by atoms with Crippen LogP contribution in [0.1, 0.15) is 50.4 Å². The quantitative estimate of drug-likeness (QED) is 0.510. The highest BCUT2D eigenvalue weighted by molar-refractivity contribution is 5.88. The van der Waals surface area contributed by atoms with Crippen LogP contribution in [0.5, 0.6) is 0 Å². The van der Waals surface area contributed by atoms with Crippen molar-refractivity contribution >= 4 is 28.6 Å². The van der Waals surface area contributed by atoms with Crippen LogP contribution in [0.15, 0.2) is 23.3 Å². The number of aryl methyl sites for hydroxylation is 2. The molecule has 0 N–H and O–H groups in total. The summed E-state index contributed by atoms with van der Waals surface area (Å²) in [6, 6.07) is 0. The highest BCUT2D eigenvalue weighted by Gasteiger charge is 2.29. The normalized spacial score (nSPS) is 18.6. The third-order valence-corrected chi connectivity index (χ3v) is 6.75. The van der Waals surface area contributed by atoms with Crippen LogP contribution in [0.4, 0.5) is 10.7 Å². The molecule has 0 radical (unpaired) electrons. The number of carbonyl (C=O) groups is 1. The first-order chi connectivity index (χ1) is 18.0. The van der Waals surface area contributed by atoms with Gasteiger partial charge in [0.15, 0.2) is 5.52 Å². The molecule has 1 atom stereocenters. The summed E-state index contributed by atoms with van der Waals surface area (Å²) >= 11 is 0. The lowest BCUT2D eigenvalue weighted by Crippen LogP contribution is -2.40. The second-order valence-electron chi connectivity index (χ2n) is 10.8. The Morgan fingerprint density at radius 1 is 1.13 bits per heavy atom. The van der Waals surface area contributed by atoms with Crippen molar-refractivity contribution < 1.29 is 14.3 Å². The molecule has 1 fully saturated rings. The Kier molecular flexibility index (Phi) is 6.68. The van der Waals surface area contributed by atoms with Gasteiger partial charge < -0.3 is 19.3 Å². The van der Waals surface area contributed by atoms with Crippen molar-refractivity contribution in [3.05, 3.63) is 45.9 Å². The maximum absolute atomic E-state index is 13.3. The van der Waals surface area contributed by atoms with E-state index in [2.05, 4.69) is 5.10 Å². The van der Waals surface area contributed by atoms with E-state index >= 15 is 0 Å². The first-order valence-corrected chi connectivity index (χ1v) is 12.8. The minimum absolute atomic E-state index is 0.185. The SMILES string of the molecule is Cc1nc2c(C3=CCN(C(=O)OC(C)(C)C)CC3)nc(N3CCOC(c4cnn(C)c4)C3)nc2c(=O)n1C. The van der Waals surface area contributed by atoms with Gasteiger partial charge in [0, 0.05) is 45.5 Å². The summed E-state index contributed by atoms with van der Waals surface area (Å²) < 4.78 is 14.8. The summed E-state index contributed by atoms with van der Waals surface area (Å²) in [5.74, 6) is 1.04. The first kappa shape index (κ1) is 25.8. The van der Waals surface area contributed by atoms with Gasteiger partial charge in [0.25, 0.3) is 5.56 Å². The predicted molar refractivity (Wildman–Crippen MR) is 142 cm³/mol. The number of ether oxygens (including phenoxy) is 2. The highest BCUT2D eigenvalue weighted by Crippen LogP contribution is 2.30. The lowest BCUT2D eigenvalue weighted by molar-refractivity contribution is 0.0270. The Morgan fingerprint density at radius 3 is 2.58 bits per heavy atom. The lowest BCUT2D eigenvalue weighted by Gasteiger charge is -2.33. The summed E-state index contributed by atoms with van der Waals surface area (Å²) in [7, 11) is 3.56. The fourth-order valence-corrected chi connectivity index (χ4v) is 4.62. The predicted octanol–water partition coefficient (Wildman–Crippen LogP) is 2.37. The molecule has 0 saturated carbocycles. The van der Waals surface area contributed by atoms with Gasteiger partial charge in [0.2, 0.25) is 5.95 Å². The Balaban J connectivity index is 1.52. The second-order valence-corrected chi connectivity index (χ2v) is 10.8. The van der Waals surface area contributed by atoms with Gasteiger partial charge in [-0.3, -0.25) is 14.0 Å². The first-order valence-electron chi connectivity index (χ1n) is 12.8. The standard InChI is InChI=1S/C26H34N8O4/c1-16-28-21-20(17-7-9-33(10-8-17)25(36)38-26(2,3)4)29-24(30-22(21)23(35)32(16)6)34-11-12-37-19(15-34)18-13-27-31(5)14-18/h7,13-14,19H,8-12,15H2,1-6H3. The van der Waals surface area contributed by atoms with E-state index in [1.54, 1.807) is 29.7 Å². The van der Waals surface area contributed by atoms with Crippen molar-refractivity contribution in [3.63, 3.8) is 0 Å². The monoisotopic (exact) mass is 522 g/mol. The molecule has 5 rings (SSSR count). The van der Waals surface area contributed by atoms with E-state index in [9.17, 15) is 9.59 Å². The number of fused-ring (bicyclic) bond motifs is 1. The van der Waals surface area contributed by atoms with Crippen LogP contribution < -0.4 is 10.5 Å². The van der Waals surface area contributed by atoms with Gasteiger partial charge in [-0.05, 0) is 39.7 Å². The molecule has 1 unspecified atom stereocenters. The fraction of sp³-hybridized carbons (Fsp3) is 0.538. The Hall–Kier alpha value is -3.80. The van der Waals surface area contributed by atoms with Crippen molar-refractivity contribution in [1.82, 2.24) is 34.2 Å². The molecule has 5 heterocycles. The van der Waals surface area contributed by atoms with Crippen LogP contribution in [0.2, 0.25) is 0 Å². The lowest BCUT2D eigenvalue weighted by atomic mass is 10.0. The molecule has 0 bridgehead atoms. The van der Waals surface area contributed by atoms with E-state index in [0.29, 0.717) is 62.2 Å². The van der Waals surface area contributed by atoms with Crippen molar-refractivity contribution in [1.29, 1.82) is 0 Å². The van der Waals surface area contributed by atoms with E-state index in [1.807, 2.05) is 45.0 Å². The van der Waals surface area contributed by atoms with Gasteiger partial charge in [-0.15, -0.1) is 0 Å². The highest BCUT2D eigenvalue weighted by atomic mass is 16.6. The number of morpholine rings is 1. The summed E-state index contributed by atoms with van der Waals surface area (Å²) in [6.07, 6.45) is 5.72. The number of amides is 1. The third kappa shape index (κ3) is 5.13. The molecule has 2 aliphatic rings. The summed E-state index contributed by atoms with van der Waals surface area (Å²) in [4.78, 5) is 43.9. The average Bonchev–Trinajstić information content (AvgIpc) is 3.32. The molecule has 0 aliphatic carbocycles. The number of anilines is 1. The molecule has 38 heavy (non-hydrogen) atoms. The van der Waals surface area contributed by atoms with E-state index in [4.69, 9.17) is 24.4 Å². The van der Waals surface area contributed by atoms with Crippen molar-refractivity contribution in [2.75, 3.05) is 37.7 Å². The van der Waals surface area contributed by atoms with E-state index < -0.39 is 5.60 Å². The summed E-state index contributed by atoms with van der Waals surface area (Å²) in [6.45, 7) is 9.82. The largest absolute Gasteiger partial charge is 0.444 e. The van der Waals surface area contributed by atoms with Crippen molar-refractivity contribution in [2.45, 2.75) is 45.8 Å². The average molecular weight is 523 g/mol. The number of hydrogen-bond donors (Lipinski definition) is 0. The fourth-order valence-electron chi connectivity index (χ4n) is 4.62. The van der Waals surface area contributed by atoms with Crippen LogP contribution in [0, 0.1) is 6.92 Å². The van der Waals surface area contributed by atoms with E-state index in [-0.39, 0.29) is 23.3 Å². The molecule has 1 amide bonds. The molecule has 2 aliphatic heterocycles. The molecule has 1 saturated heterocycles. The van der Waals surface area contributed by atoms with Gasteiger partial charge in [0.05, 0.1) is 25.0 Å². The van der Waals surface area contributed by atoms with Crippen molar-refractivity contribution in [3.8, 4) is 0 Å². The van der Waals surface area contributed by atoms with E-state index in [0.717, 1.165) is 11.1 Å². The van der Waals surface area contributed by atoms with Crippen LogP contribution >= 0.6 is 0 Å². The minimum atomic E-state index is -0.563. The molecule has 202 valence electrons. The Labute approximate surface area is 220 Å². The van der Waals surface area contributed by atoms with E-state index in [1.165, 1.54) is 4.57 Å². The van der Waals surface area contributed by atoms with Crippen LogP contribution in [-0.2, 0) is 23.6 Å². The Morgan fingerprint density at radius 2 is 1.92 bits per heavy atom. The van der Waals surface area contributed by atoms with Gasteiger partial charge in [-0.25, -0.2) is 19.7 Å². The molecular weight excluding hydrogens is 488 g/mol. The maximum atomic E-state index is 13.3. The molecule has 12 nitrogen and oxygen atoms in total. The minimum Gasteiger partial charge on any atom is -0.444 e. The van der Waals surface area contributed by atoms with Crippen LogP contribution in [0.3, 0.4) is 0 Å². The number of nitrogens with zero attached hydrogens (tertiary/aromatic N) is 8. The zero-order valence-electron chi connectivity index (χ0n) is 22.8. The molecule has 12 heteroatoms. The zero-order valence-corrected chi connectivity index (χ0v) is 22.8. The number of carbonyl (C=O) groups excluding carboxylic acids is 1. The zero-order chi connectivity index (χ0) is 27.2. The van der Waals surface area contributed by atoms with Gasteiger partial charge in [0.1, 0.15) is 23.0 Å². The molecule has 3 aromatic rings. The summed E-state index contributed by atoms with van der Waals surface area (Å²) in [5.41, 5.74) is 2.49. The van der Waals surface area contributed by atoms with Gasteiger partial charge in [-0.1, -0.05) is 6.08 Å². The Bertz CT molecular complexity index is 1470. The molecule has 0 spiro atoms. The number of aromatic nitrogens is 6. The van der Waals surface area contributed by atoms with Gasteiger partial charge >= 0.3 is 6.09 Å². The topological polar surface area (TPSA) is 121 Å². The van der Waals surface area contributed by atoms with Crippen molar-refractivity contribution in [2.24, 2.45) is 14.1 Å². The molecule has 0 aromatic carbocycles. The van der Waals surface area contributed by atoms with Crippen LogP contribution in [0.25, 0.3) is 16.6 Å². The molecular formula is C26H34N8O4. The third-order valence-electron chi connectivity index (χ3n) is 6.75. The second kappa shape index (κ2) is 9.82. The van der Waals surface area contributed by atoms with Crippen LogP contribution in [-0.4, -0.2) is 78.7 Å². The summed E-state index contributed by atoms with van der Waals surface area (Å²) in [5, 5.41) is 4.26. The smallest absolute Gasteiger partial charge is 0.410 e. The maximum Gasteiger partial charge on any atom is 0.410 e. The number of hydrogen-bond acceptors (Lipinski definition) is 9. The van der Waals surface area contributed by atoms with Gasteiger partial charge in [-0.2, -0.15) is 5.10 Å².